The van der Waals surface area contributed by atoms with Crippen molar-refractivity contribution < 1.29 is 9.13 Å². The second-order valence-corrected chi connectivity index (χ2v) is 8.04. The molecule has 0 amide bonds. The number of rotatable bonds is 5. The highest BCUT2D eigenvalue weighted by Crippen LogP contribution is 2.42. The van der Waals surface area contributed by atoms with E-state index in [2.05, 4.69) is 30.3 Å². The maximum atomic E-state index is 13.4. The zero-order chi connectivity index (χ0) is 21.1. The van der Waals surface area contributed by atoms with Gasteiger partial charge in [0.25, 0.3) is 0 Å². The Kier molecular flexibility index (Phi) is 6.04. The Morgan fingerprint density at radius 2 is 2.03 bits per heavy atom. The van der Waals surface area contributed by atoms with Crippen molar-refractivity contribution in [2.75, 3.05) is 25.0 Å². The number of benzene rings is 2. The van der Waals surface area contributed by atoms with Crippen LogP contribution in [0.3, 0.4) is 0 Å². The van der Waals surface area contributed by atoms with Crippen LogP contribution in [-0.4, -0.2) is 38.4 Å². The third-order valence-electron chi connectivity index (χ3n) is 6.07. The van der Waals surface area contributed by atoms with Crippen molar-refractivity contribution in [3.8, 4) is 11.5 Å². The number of hydrogen-bond acceptors (Lipinski definition) is 5. The summed E-state index contributed by atoms with van der Waals surface area (Å²) in [5.41, 5.74) is 10.0. The zero-order valence-electron chi connectivity index (χ0n) is 17.6. The zero-order valence-corrected chi connectivity index (χ0v) is 17.6. The summed E-state index contributed by atoms with van der Waals surface area (Å²) in [7, 11) is 2.11. The highest BCUT2D eigenvalue weighted by Gasteiger charge is 2.26. The number of aliphatic imine (C=N–C) groups is 1. The quantitative estimate of drug-likeness (QED) is 0.731. The predicted octanol–water partition coefficient (Wildman–Crippen LogP) is 4.12. The van der Waals surface area contributed by atoms with Crippen LogP contribution in [0.1, 0.15) is 30.9 Å². The summed E-state index contributed by atoms with van der Waals surface area (Å²) in [5.74, 6) is 1.08. The molecule has 0 aromatic heterocycles. The van der Waals surface area contributed by atoms with Crippen LogP contribution in [0.5, 0.6) is 11.5 Å². The summed E-state index contributed by atoms with van der Waals surface area (Å²) < 4.78 is 19.7. The molecule has 2 aliphatic rings. The molecule has 2 aromatic rings. The molecule has 2 atom stereocenters. The topological polar surface area (TPSA) is 62.9 Å². The van der Waals surface area contributed by atoms with Gasteiger partial charge >= 0.3 is 0 Å². The molecule has 1 saturated heterocycles. The van der Waals surface area contributed by atoms with E-state index in [1.807, 2.05) is 12.3 Å². The Balaban J connectivity index is 1.75. The summed E-state index contributed by atoms with van der Waals surface area (Å²) in [6.07, 6.45) is 6.41. The van der Waals surface area contributed by atoms with Gasteiger partial charge in [-0.1, -0.05) is 0 Å². The van der Waals surface area contributed by atoms with Gasteiger partial charge in [0.15, 0.2) is 0 Å². The van der Waals surface area contributed by atoms with E-state index in [0.717, 1.165) is 60.5 Å². The van der Waals surface area contributed by atoms with E-state index in [-0.39, 0.29) is 11.9 Å². The van der Waals surface area contributed by atoms with Crippen LogP contribution in [0, 0.1) is 5.82 Å². The molecule has 1 fully saturated rings. The van der Waals surface area contributed by atoms with Gasteiger partial charge in [-0.2, -0.15) is 0 Å². The van der Waals surface area contributed by atoms with Crippen LogP contribution >= 0.6 is 0 Å². The van der Waals surface area contributed by atoms with Gasteiger partial charge in [0.2, 0.25) is 0 Å². The third kappa shape index (κ3) is 4.19. The Labute approximate surface area is 177 Å². The maximum Gasteiger partial charge on any atom is 0.140 e. The molecule has 0 spiro atoms. The normalized spacial score (nSPS) is 21.8. The van der Waals surface area contributed by atoms with Crippen molar-refractivity contribution in [3.63, 3.8) is 0 Å². The number of hydrogen-bond donors (Lipinski definition) is 2. The number of allylic oxidation sites excluding steroid dienone is 1. The maximum absolute atomic E-state index is 13.4. The van der Waals surface area contributed by atoms with Gasteiger partial charge in [0, 0.05) is 54.4 Å². The molecule has 30 heavy (non-hydrogen) atoms. The summed E-state index contributed by atoms with van der Waals surface area (Å²) in [4.78, 5) is 7.00. The van der Waals surface area contributed by atoms with Crippen molar-refractivity contribution >= 4 is 17.5 Å². The van der Waals surface area contributed by atoms with E-state index in [0.29, 0.717) is 11.8 Å². The van der Waals surface area contributed by atoms with E-state index < -0.39 is 0 Å². The number of nitrogens with one attached hydrogen (secondary N) is 1. The first kappa shape index (κ1) is 20.4. The Bertz CT molecular complexity index is 948. The number of nitrogens with zero attached hydrogens (tertiary/aromatic N) is 2. The fourth-order valence-corrected chi connectivity index (χ4v) is 4.09. The third-order valence-corrected chi connectivity index (χ3v) is 6.07. The van der Waals surface area contributed by atoms with Crippen LogP contribution in [0.15, 0.2) is 47.6 Å². The Hall–Kier alpha value is -2.86. The van der Waals surface area contributed by atoms with Gasteiger partial charge in [-0.05, 0) is 69.1 Å². The standard InChI is InChI=1S/C24H29FN4O/c1-16-3-8-22-23(29(16)2)10-9-21(17(13-26)14-28-19-11-12-27-15-19)24(22)30-20-6-4-18(25)5-7-20/h4-7,9-10,13-14,16,19,27H,3,8,11-12,15,26H2,1-2H3. The molecule has 2 unspecified atom stereocenters. The number of nitrogens with two attached hydrogens (primary N) is 1. The molecule has 6 heteroatoms. The van der Waals surface area contributed by atoms with Gasteiger partial charge in [-0.3, -0.25) is 4.99 Å². The van der Waals surface area contributed by atoms with E-state index in [1.165, 1.54) is 12.1 Å². The van der Waals surface area contributed by atoms with Crippen LogP contribution in [0.4, 0.5) is 10.1 Å². The average Bonchev–Trinajstić information content (AvgIpc) is 3.27. The van der Waals surface area contributed by atoms with E-state index in [9.17, 15) is 4.39 Å². The molecule has 2 heterocycles. The van der Waals surface area contributed by atoms with Crippen LogP contribution in [0.25, 0.3) is 5.57 Å². The van der Waals surface area contributed by atoms with Crippen molar-refractivity contribution in [2.24, 2.45) is 10.7 Å². The first-order chi connectivity index (χ1) is 14.6. The molecule has 0 bridgehead atoms. The minimum atomic E-state index is -0.286. The SMILES string of the molecule is CC1CCc2c(ccc(C(C=NC3CCNC3)=CN)c2Oc2ccc(F)cc2)N1C. The number of fused-ring (bicyclic) bond motifs is 1. The molecular weight excluding hydrogens is 379 g/mol. The first-order valence-corrected chi connectivity index (χ1v) is 10.5. The Morgan fingerprint density at radius 1 is 1.23 bits per heavy atom. The summed E-state index contributed by atoms with van der Waals surface area (Å²) in [6.45, 7) is 4.11. The second-order valence-electron chi connectivity index (χ2n) is 8.04. The largest absolute Gasteiger partial charge is 0.456 e. The fraction of sp³-hybridized carbons (Fsp3) is 0.375. The minimum absolute atomic E-state index is 0.269. The minimum Gasteiger partial charge on any atom is -0.456 e. The van der Waals surface area contributed by atoms with Gasteiger partial charge in [-0.15, -0.1) is 0 Å². The van der Waals surface area contributed by atoms with Crippen LogP contribution in [-0.2, 0) is 6.42 Å². The van der Waals surface area contributed by atoms with Crippen molar-refractivity contribution in [2.45, 2.75) is 38.3 Å². The molecule has 2 aliphatic heterocycles. The van der Waals surface area contributed by atoms with E-state index in [4.69, 9.17) is 15.5 Å². The highest BCUT2D eigenvalue weighted by molar-refractivity contribution is 6.11. The number of halogens is 1. The highest BCUT2D eigenvalue weighted by atomic mass is 19.1. The molecule has 3 N–H and O–H groups in total. The lowest BCUT2D eigenvalue weighted by atomic mass is 9.92. The lowest BCUT2D eigenvalue weighted by Gasteiger charge is -2.35. The van der Waals surface area contributed by atoms with Crippen LogP contribution < -0.4 is 20.7 Å². The predicted molar refractivity (Wildman–Crippen MR) is 121 cm³/mol. The van der Waals surface area contributed by atoms with Crippen molar-refractivity contribution in [1.82, 2.24) is 5.32 Å². The lowest BCUT2D eigenvalue weighted by Crippen LogP contribution is -2.33. The molecule has 4 rings (SSSR count). The van der Waals surface area contributed by atoms with Crippen molar-refractivity contribution in [1.29, 1.82) is 0 Å². The molecule has 0 saturated carbocycles. The number of anilines is 1. The summed E-state index contributed by atoms with van der Waals surface area (Å²) in [5, 5.41) is 3.33. The molecule has 0 radical (unpaired) electrons. The monoisotopic (exact) mass is 408 g/mol. The molecule has 5 nitrogen and oxygen atoms in total. The van der Waals surface area contributed by atoms with Gasteiger partial charge in [0.1, 0.15) is 17.3 Å². The summed E-state index contributed by atoms with van der Waals surface area (Å²) >= 11 is 0. The molecule has 2 aromatic carbocycles. The number of ether oxygens (including phenoxy) is 1. The molecule has 0 aliphatic carbocycles. The first-order valence-electron chi connectivity index (χ1n) is 10.5. The van der Waals surface area contributed by atoms with E-state index >= 15 is 0 Å². The van der Waals surface area contributed by atoms with Gasteiger partial charge in [0.05, 0.1) is 6.04 Å². The van der Waals surface area contributed by atoms with Crippen LogP contribution in [0.2, 0.25) is 0 Å². The lowest BCUT2D eigenvalue weighted by molar-refractivity contribution is 0.466. The van der Waals surface area contributed by atoms with Crippen molar-refractivity contribution in [3.05, 3.63) is 59.5 Å². The average molecular weight is 409 g/mol. The van der Waals surface area contributed by atoms with E-state index in [1.54, 1.807) is 18.3 Å². The Morgan fingerprint density at radius 3 is 2.73 bits per heavy atom. The fourth-order valence-electron chi connectivity index (χ4n) is 4.09. The van der Waals surface area contributed by atoms with Gasteiger partial charge in [-0.25, -0.2) is 4.39 Å². The molecular formula is C24H29FN4O. The molecule has 158 valence electrons. The smallest absolute Gasteiger partial charge is 0.140 e. The second kappa shape index (κ2) is 8.88. The summed E-state index contributed by atoms with van der Waals surface area (Å²) in [6, 6.07) is 11.0. The van der Waals surface area contributed by atoms with Gasteiger partial charge < -0.3 is 20.7 Å².